The normalized spacial score (nSPS) is 15.6. The van der Waals surface area contributed by atoms with E-state index in [-0.39, 0.29) is 0 Å². The van der Waals surface area contributed by atoms with Gasteiger partial charge < -0.3 is 9.80 Å². The standard InChI is InChI=1S/C25H32N4S/c1-3-27(4-2)15-16-28-17-19-29(20-18-28)22-12-9-21(10-13-22)11-14-25-26-23-7-5-6-8-24(23)30-25/h5-14H,3-4,15-20H2,1-2H3/b14-11+. The number of fused-ring (bicyclic) bond motifs is 1. The summed E-state index contributed by atoms with van der Waals surface area (Å²) in [5.41, 5.74) is 3.63. The number of rotatable bonds is 8. The number of benzene rings is 2. The molecule has 0 bridgehead atoms. The number of likely N-dealkylation sites (N-methyl/N-ethyl adjacent to an activating group) is 1. The average molecular weight is 421 g/mol. The monoisotopic (exact) mass is 420 g/mol. The largest absolute Gasteiger partial charge is 0.369 e. The minimum Gasteiger partial charge on any atom is -0.369 e. The fourth-order valence-corrected chi connectivity index (χ4v) is 4.85. The Morgan fingerprint density at radius 2 is 1.67 bits per heavy atom. The lowest BCUT2D eigenvalue weighted by Crippen LogP contribution is -2.48. The van der Waals surface area contributed by atoms with Crippen molar-refractivity contribution in [2.24, 2.45) is 0 Å². The predicted molar refractivity (Wildman–Crippen MR) is 131 cm³/mol. The van der Waals surface area contributed by atoms with Crippen molar-refractivity contribution in [3.05, 3.63) is 59.1 Å². The third-order valence-corrected chi connectivity index (χ3v) is 6.99. The molecule has 3 aromatic rings. The van der Waals surface area contributed by atoms with E-state index in [1.54, 1.807) is 11.3 Å². The quantitative estimate of drug-likeness (QED) is 0.515. The van der Waals surface area contributed by atoms with E-state index >= 15 is 0 Å². The van der Waals surface area contributed by atoms with E-state index in [1.165, 1.54) is 29.0 Å². The molecule has 0 unspecified atom stereocenters. The highest BCUT2D eigenvalue weighted by atomic mass is 32.1. The minimum absolute atomic E-state index is 1.06. The van der Waals surface area contributed by atoms with E-state index in [0.717, 1.165) is 49.8 Å². The highest BCUT2D eigenvalue weighted by molar-refractivity contribution is 7.19. The lowest BCUT2D eigenvalue weighted by atomic mass is 10.1. The summed E-state index contributed by atoms with van der Waals surface area (Å²) < 4.78 is 1.24. The topological polar surface area (TPSA) is 22.6 Å². The van der Waals surface area contributed by atoms with Crippen LogP contribution in [-0.2, 0) is 0 Å². The summed E-state index contributed by atoms with van der Waals surface area (Å²) in [7, 11) is 0. The van der Waals surface area contributed by atoms with Crippen molar-refractivity contribution in [1.82, 2.24) is 14.8 Å². The Morgan fingerprint density at radius 3 is 2.37 bits per heavy atom. The van der Waals surface area contributed by atoms with E-state index < -0.39 is 0 Å². The molecule has 158 valence electrons. The Bertz CT molecular complexity index is 918. The van der Waals surface area contributed by atoms with Gasteiger partial charge in [0.15, 0.2) is 0 Å². The molecule has 1 fully saturated rings. The van der Waals surface area contributed by atoms with Crippen molar-refractivity contribution >= 4 is 39.4 Å². The van der Waals surface area contributed by atoms with E-state index in [2.05, 4.69) is 88.1 Å². The van der Waals surface area contributed by atoms with Crippen LogP contribution in [0.5, 0.6) is 0 Å². The summed E-state index contributed by atoms with van der Waals surface area (Å²) in [6, 6.07) is 17.2. The zero-order chi connectivity index (χ0) is 20.8. The second-order valence-corrected chi connectivity index (χ2v) is 8.86. The number of hydrogen-bond acceptors (Lipinski definition) is 5. The molecule has 0 saturated carbocycles. The van der Waals surface area contributed by atoms with Gasteiger partial charge in [-0.2, -0.15) is 0 Å². The maximum absolute atomic E-state index is 4.68. The van der Waals surface area contributed by atoms with Gasteiger partial charge in [0.25, 0.3) is 0 Å². The van der Waals surface area contributed by atoms with Crippen LogP contribution in [0.2, 0.25) is 0 Å². The smallest absolute Gasteiger partial charge is 0.117 e. The number of piperazine rings is 1. The third-order valence-electron chi connectivity index (χ3n) is 5.99. The fourth-order valence-electron chi connectivity index (χ4n) is 3.98. The zero-order valence-corrected chi connectivity index (χ0v) is 18.9. The predicted octanol–water partition coefficient (Wildman–Crippen LogP) is 4.93. The van der Waals surface area contributed by atoms with Crippen molar-refractivity contribution in [3.8, 4) is 0 Å². The molecule has 0 spiro atoms. The van der Waals surface area contributed by atoms with Gasteiger partial charge in [-0.25, -0.2) is 4.98 Å². The highest BCUT2D eigenvalue weighted by Crippen LogP contribution is 2.24. The molecule has 1 saturated heterocycles. The van der Waals surface area contributed by atoms with Crippen molar-refractivity contribution in [3.63, 3.8) is 0 Å². The van der Waals surface area contributed by atoms with Gasteiger partial charge in [-0.15, -0.1) is 11.3 Å². The SMILES string of the molecule is CCN(CC)CCN1CCN(c2ccc(/C=C/c3nc4ccccc4s3)cc2)CC1. The molecule has 0 aliphatic carbocycles. The summed E-state index contributed by atoms with van der Waals surface area (Å²) in [6.07, 6.45) is 4.28. The van der Waals surface area contributed by atoms with Crippen LogP contribution in [0.3, 0.4) is 0 Å². The van der Waals surface area contributed by atoms with Crippen LogP contribution in [-0.4, -0.2) is 67.1 Å². The van der Waals surface area contributed by atoms with Crippen LogP contribution < -0.4 is 4.90 Å². The van der Waals surface area contributed by atoms with Crippen LogP contribution in [0, 0.1) is 0 Å². The molecule has 0 amide bonds. The second kappa shape index (κ2) is 10.2. The van der Waals surface area contributed by atoms with Gasteiger partial charge in [0.2, 0.25) is 0 Å². The van der Waals surface area contributed by atoms with Crippen LogP contribution in [0.1, 0.15) is 24.4 Å². The van der Waals surface area contributed by atoms with Gasteiger partial charge >= 0.3 is 0 Å². The lowest BCUT2D eigenvalue weighted by Gasteiger charge is -2.37. The summed E-state index contributed by atoms with van der Waals surface area (Å²) in [5.74, 6) is 0. The van der Waals surface area contributed by atoms with Gasteiger partial charge in [-0.1, -0.05) is 44.2 Å². The molecular weight excluding hydrogens is 388 g/mol. The number of hydrogen-bond donors (Lipinski definition) is 0. The molecule has 2 aromatic carbocycles. The summed E-state index contributed by atoms with van der Waals surface area (Å²) in [6.45, 7) is 13.7. The van der Waals surface area contributed by atoms with E-state index in [0.29, 0.717) is 0 Å². The first-order valence-corrected chi connectivity index (χ1v) is 11.9. The van der Waals surface area contributed by atoms with Gasteiger partial charge in [-0.05, 0) is 49.0 Å². The molecule has 1 aromatic heterocycles. The zero-order valence-electron chi connectivity index (χ0n) is 18.1. The van der Waals surface area contributed by atoms with Gasteiger partial charge in [0.1, 0.15) is 5.01 Å². The molecule has 0 atom stereocenters. The Kier molecular flexibility index (Phi) is 7.16. The van der Waals surface area contributed by atoms with Crippen molar-refractivity contribution in [2.75, 3.05) is 57.3 Å². The number of aromatic nitrogens is 1. The minimum atomic E-state index is 1.06. The fraction of sp³-hybridized carbons (Fsp3) is 0.400. The third kappa shape index (κ3) is 5.28. The molecule has 5 heteroatoms. The molecule has 2 heterocycles. The molecule has 0 N–H and O–H groups in total. The number of nitrogens with zero attached hydrogens (tertiary/aromatic N) is 4. The first-order valence-electron chi connectivity index (χ1n) is 11.1. The van der Waals surface area contributed by atoms with Gasteiger partial charge in [-0.3, -0.25) is 4.90 Å². The Labute approximate surface area is 184 Å². The first-order chi connectivity index (χ1) is 14.7. The summed E-state index contributed by atoms with van der Waals surface area (Å²) >= 11 is 1.74. The maximum Gasteiger partial charge on any atom is 0.117 e. The van der Waals surface area contributed by atoms with Crippen LogP contribution in [0.4, 0.5) is 5.69 Å². The average Bonchev–Trinajstić information content (AvgIpc) is 3.22. The Hall–Kier alpha value is -2.21. The molecule has 4 nitrogen and oxygen atoms in total. The molecule has 1 aliphatic rings. The van der Waals surface area contributed by atoms with Crippen LogP contribution in [0.25, 0.3) is 22.4 Å². The van der Waals surface area contributed by atoms with E-state index in [4.69, 9.17) is 0 Å². The lowest BCUT2D eigenvalue weighted by molar-refractivity contribution is 0.206. The summed E-state index contributed by atoms with van der Waals surface area (Å²) in [5, 5.41) is 1.06. The second-order valence-electron chi connectivity index (χ2n) is 7.80. The van der Waals surface area contributed by atoms with Crippen LogP contribution >= 0.6 is 11.3 Å². The molecule has 30 heavy (non-hydrogen) atoms. The molecule has 1 aliphatic heterocycles. The highest BCUT2D eigenvalue weighted by Gasteiger charge is 2.17. The number of anilines is 1. The van der Waals surface area contributed by atoms with Crippen molar-refractivity contribution < 1.29 is 0 Å². The first kappa shape index (κ1) is 21.0. The molecule has 0 radical (unpaired) electrons. The Balaban J connectivity index is 1.29. The van der Waals surface area contributed by atoms with Crippen molar-refractivity contribution in [2.45, 2.75) is 13.8 Å². The van der Waals surface area contributed by atoms with E-state index in [9.17, 15) is 0 Å². The van der Waals surface area contributed by atoms with Gasteiger partial charge in [0.05, 0.1) is 10.2 Å². The number of para-hydroxylation sites is 1. The van der Waals surface area contributed by atoms with Gasteiger partial charge in [0, 0.05) is 45.0 Å². The summed E-state index contributed by atoms with van der Waals surface area (Å²) in [4.78, 5) is 12.3. The Morgan fingerprint density at radius 1 is 0.933 bits per heavy atom. The van der Waals surface area contributed by atoms with Crippen LogP contribution in [0.15, 0.2) is 48.5 Å². The van der Waals surface area contributed by atoms with E-state index in [1.807, 2.05) is 6.07 Å². The molecule has 4 rings (SSSR count). The maximum atomic E-state index is 4.68. The number of thiazole rings is 1. The molecular formula is C25H32N4S. The van der Waals surface area contributed by atoms with Crippen molar-refractivity contribution in [1.29, 1.82) is 0 Å².